The molecule has 28 heavy (non-hydrogen) atoms. The molecule has 0 fully saturated rings. The number of ether oxygens (including phenoxy) is 2. The van der Waals surface area contributed by atoms with Gasteiger partial charge in [-0.2, -0.15) is 18.3 Å². The van der Waals surface area contributed by atoms with Crippen LogP contribution in [-0.2, 0) is 0 Å². The van der Waals surface area contributed by atoms with Gasteiger partial charge in [-0.25, -0.2) is 14.6 Å². The predicted molar refractivity (Wildman–Crippen MR) is 94.7 cm³/mol. The quantitative estimate of drug-likeness (QED) is 0.504. The smallest absolute Gasteiger partial charge is 0.422 e. The molecular weight excluding hydrogens is 373 g/mol. The third kappa shape index (κ3) is 3.73. The van der Waals surface area contributed by atoms with Gasteiger partial charge in [-0.3, -0.25) is 0 Å². The van der Waals surface area contributed by atoms with Gasteiger partial charge in [0.2, 0.25) is 5.88 Å². The van der Waals surface area contributed by atoms with E-state index in [0.29, 0.717) is 11.0 Å². The van der Waals surface area contributed by atoms with E-state index in [4.69, 9.17) is 9.47 Å². The van der Waals surface area contributed by atoms with Crippen molar-refractivity contribution in [3.8, 4) is 23.1 Å². The van der Waals surface area contributed by atoms with Crippen LogP contribution in [0, 0.1) is 0 Å². The summed E-state index contributed by atoms with van der Waals surface area (Å²) < 4.78 is 49.6. The molecule has 2 heterocycles. The standard InChI is InChI=1S/C19H13F3N4O2/c20-19(21,22)11-27-15-8-4-5-9-16(15)28-18-14-10-25-26(17(14)23-12-24-18)13-6-2-1-3-7-13/h1-10,12H,11H2. The minimum atomic E-state index is -4.45. The number of para-hydroxylation sites is 3. The zero-order valence-electron chi connectivity index (χ0n) is 14.3. The van der Waals surface area contributed by atoms with Crippen molar-refractivity contribution < 1.29 is 22.6 Å². The van der Waals surface area contributed by atoms with Crippen LogP contribution in [0.4, 0.5) is 13.2 Å². The summed E-state index contributed by atoms with van der Waals surface area (Å²) in [5.41, 5.74) is 1.31. The molecule has 0 unspecified atom stereocenters. The molecule has 6 nitrogen and oxygen atoms in total. The van der Waals surface area contributed by atoms with Crippen LogP contribution in [0.1, 0.15) is 0 Å². The van der Waals surface area contributed by atoms with E-state index in [-0.39, 0.29) is 17.4 Å². The first-order valence-electron chi connectivity index (χ1n) is 8.22. The molecule has 4 aromatic rings. The van der Waals surface area contributed by atoms with E-state index in [1.54, 1.807) is 16.8 Å². The molecule has 0 spiro atoms. The summed E-state index contributed by atoms with van der Waals surface area (Å²) >= 11 is 0. The number of benzene rings is 2. The second-order valence-electron chi connectivity index (χ2n) is 5.76. The summed E-state index contributed by atoms with van der Waals surface area (Å²) in [5, 5.41) is 4.82. The molecule has 0 aliphatic heterocycles. The topological polar surface area (TPSA) is 62.1 Å². The number of aromatic nitrogens is 4. The van der Waals surface area contributed by atoms with Gasteiger partial charge in [0.25, 0.3) is 0 Å². The summed E-state index contributed by atoms with van der Waals surface area (Å²) in [5.74, 6) is 0.233. The SMILES string of the molecule is FC(F)(F)COc1ccccc1Oc1ncnc2c1cnn2-c1ccccc1. The first-order valence-corrected chi connectivity index (χ1v) is 8.22. The van der Waals surface area contributed by atoms with E-state index >= 15 is 0 Å². The number of rotatable bonds is 5. The summed E-state index contributed by atoms with van der Waals surface area (Å²) in [6, 6.07) is 15.4. The third-order valence-corrected chi connectivity index (χ3v) is 3.78. The lowest BCUT2D eigenvalue weighted by atomic mass is 10.3. The van der Waals surface area contributed by atoms with Gasteiger partial charge in [0, 0.05) is 0 Å². The van der Waals surface area contributed by atoms with E-state index in [2.05, 4.69) is 15.1 Å². The highest BCUT2D eigenvalue weighted by Gasteiger charge is 2.29. The molecule has 0 saturated heterocycles. The Balaban J connectivity index is 1.67. The number of fused-ring (bicyclic) bond motifs is 1. The lowest BCUT2D eigenvalue weighted by Gasteiger charge is -2.13. The summed E-state index contributed by atoms with van der Waals surface area (Å²) in [4.78, 5) is 8.33. The molecule has 0 amide bonds. The van der Waals surface area contributed by atoms with E-state index in [1.165, 1.54) is 24.7 Å². The van der Waals surface area contributed by atoms with Crippen molar-refractivity contribution in [3.05, 3.63) is 67.1 Å². The average Bonchev–Trinajstić information content (AvgIpc) is 3.12. The third-order valence-electron chi connectivity index (χ3n) is 3.78. The van der Waals surface area contributed by atoms with Crippen molar-refractivity contribution in [3.63, 3.8) is 0 Å². The first kappa shape index (κ1) is 17.8. The molecule has 0 radical (unpaired) electrons. The molecule has 0 atom stereocenters. The summed E-state index contributed by atoms with van der Waals surface area (Å²) in [6.45, 7) is -1.42. The largest absolute Gasteiger partial charge is 0.480 e. The summed E-state index contributed by atoms with van der Waals surface area (Å²) in [6.07, 6.45) is -1.61. The fourth-order valence-electron chi connectivity index (χ4n) is 2.58. The Morgan fingerprint density at radius 3 is 2.36 bits per heavy atom. The Kier molecular flexibility index (Phi) is 4.56. The van der Waals surface area contributed by atoms with Crippen molar-refractivity contribution in [2.24, 2.45) is 0 Å². The molecule has 9 heteroatoms. The average molecular weight is 386 g/mol. The van der Waals surface area contributed by atoms with E-state index in [1.807, 2.05) is 30.3 Å². The van der Waals surface area contributed by atoms with Crippen molar-refractivity contribution in [1.29, 1.82) is 0 Å². The van der Waals surface area contributed by atoms with Gasteiger partial charge in [0.15, 0.2) is 23.8 Å². The van der Waals surface area contributed by atoms with Gasteiger partial charge in [-0.1, -0.05) is 30.3 Å². The minimum absolute atomic E-state index is 0.0398. The number of alkyl halides is 3. The highest BCUT2D eigenvalue weighted by molar-refractivity contribution is 5.81. The molecular formula is C19H13F3N4O2. The number of nitrogens with zero attached hydrogens (tertiary/aromatic N) is 4. The van der Waals surface area contributed by atoms with Crippen LogP contribution in [0.2, 0.25) is 0 Å². The van der Waals surface area contributed by atoms with E-state index < -0.39 is 12.8 Å². The maximum Gasteiger partial charge on any atom is 0.422 e. The molecule has 142 valence electrons. The molecule has 0 saturated carbocycles. The monoisotopic (exact) mass is 386 g/mol. The lowest BCUT2D eigenvalue weighted by molar-refractivity contribution is -0.153. The van der Waals surface area contributed by atoms with Crippen molar-refractivity contribution in [1.82, 2.24) is 19.7 Å². The van der Waals surface area contributed by atoms with Crippen LogP contribution in [0.5, 0.6) is 17.4 Å². The summed E-state index contributed by atoms with van der Waals surface area (Å²) in [7, 11) is 0. The second kappa shape index (κ2) is 7.18. The van der Waals surface area contributed by atoms with Crippen LogP contribution in [0.25, 0.3) is 16.7 Å². The Labute approximate surface area is 157 Å². The number of hydrogen-bond donors (Lipinski definition) is 0. The minimum Gasteiger partial charge on any atom is -0.480 e. The van der Waals surface area contributed by atoms with Crippen LogP contribution >= 0.6 is 0 Å². The van der Waals surface area contributed by atoms with Crippen molar-refractivity contribution >= 4 is 11.0 Å². The number of halogens is 3. The van der Waals surface area contributed by atoms with E-state index in [0.717, 1.165) is 5.69 Å². The van der Waals surface area contributed by atoms with Gasteiger partial charge in [-0.15, -0.1) is 0 Å². The molecule has 0 N–H and O–H groups in total. The van der Waals surface area contributed by atoms with E-state index in [9.17, 15) is 13.2 Å². The second-order valence-corrected chi connectivity index (χ2v) is 5.76. The molecule has 0 aliphatic carbocycles. The van der Waals surface area contributed by atoms with Gasteiger partial charge >= 0.3 is 6.18 Å². The zero-order valence-corrected chi connectivity index (χ0v) is 14.3. The van der Waals surface area contributed by atoms with Crippen molar-refractivity contribution in [2.45, 2.75) is 6.18 Å². The number of hydrogen-bond acceptors (Lipinski definition) is 5. The van der Waals surface area contributed by atoms with Crippen LogP contribution in [0.15, 0.2) is 67.1 Å². The van der Waals surface area contributed by atoms with Gasteiger partial charge in [0.1, 0.15) is 11.7 Å². The molecule has 2 aromatic heterocycles. The normalized spacial score (nSPS) is 11.5. The fourth-order valence-corrected chi connectivity index (χ4v) is 2.58. The fraction of sp³-hybridized carbons (Fsp3) is 0.105. The lowest BCUT2D eigenvalue weighted by Crippen LogP contribution is -2.19. The van der Waals surface area contributed by atoms with Gasteiger partial charge in [-0.05, 0) is 24.3 Å². The Hall–Kier alpha value is -3.62. The van der Waals surface area contributed by atoms with Crippen LogP contribution in [-0.4, -0.2) is 32.5 Å². The highest BCUT2D eigenvalue weighted by atomic mass is 19.4. The first-order chi connectivity index (χ1) is 13.5. The zero-order chi connectivity index (χ0) is 19.6. The van der Waals surface area contributed by atoms with Crippen LogP contribution < -0.4 is 9.47 Å². The molecule has 0 bridgehead atoms. The molecule has 2 aromatic carbocycles. The highest BCUT2D eigenvalue weighted by Crippen LogP contribution is 2.34. The predicted octanol–water partition coefficient (Wildman–Crippen LogP) is 4.55. The Morgan fingerprint density at radius 2 is 1.61 bits per heavy atom. The Morgan fingerprint density at radius 1 is 0.893 bits per heavy atom. The maximum absolute atomic E-state index is 12.5. The van der Waals surface area contributed by atoms with Gasteiger partial charge < -0.3 is 9.47 Å². The molecule has 4 rings (SSSR count). The van der Waals surface area contributed by atoms with Gasteiger partial charge in [0.05, 0.1) is 11.9 Å². The maximum atomic E-state index is 12.5. The molecule has 0 aliphatic rings. The van der Waals surface area contributed by atoms with Crippen molar-refractivity contribution in [2.75, 3.05) is 6.61 Å². The van der Waals surface area contributed by atoms with Crippen LogP contribution in [0.3, 0.4) is 0 Å². The Bertz CT molecular complexity index is 1100.